The van der Waals surface area contributed by atoms with Crippen molar-refractivity contribution in [3.05, 3.63) is 59.4 Å². The summed E-state index contributed by atoms with van der Waals surface area (Å²) in [7, 11) is 0. The Morgan fingerprint density at radius 1 is 1.13 bits per heavy atom. The van der Waals surface area contributed by atoms with Crippen LogP contribution in [0.25, 0.3) is 0 Å². The topological polar surface area (TPSA) is 91.4 Å². The molecular weight excluding hydrogens is 511 g/mol. The lowest BCUT2D eigenvalue weighted by Gasteiger charge is -2.36. The molecule has 2 aromatic rings. The number of hydrogen-bond donors (Lipinski definition) is 1. The Morgan fingerprint density at radius 3 is 2.50 bits per heavy atom. The van der Waals surface area contributed by atoms with Gasteiger partial charge in [-0.05, 0) is 43.7 Å². The molecule has 0 radical (unpaired) electrons. The Bertz CT molecular complexity index is 1200. The molecule has 1 unspecified atom stereocenters. The third-order valence-electron chi connectivity index (χ3n) is 6.55. The quantitative estimate of drug-likeness (QED) is 0.402. The second-order valence-corrected chi connectivity index (χ2v) is 9.71. The zero-order valence-electron chi connectivity index (χ0n) is 21.4. The number of piperazine rings is 1. The van der Waals surface area contributed by atoms with Gasteiger partial charge in [-0.25, -0.2) is 14.0 Å². The van der Waals surface area contributed by atoms with Crippen LogP contribution in [-0.2, 0) is 14.3 Å². The van der Waals surface area contributed by atoms with Gasteiger partial charge in [0, 0.05) is 26.2 Å². The molecule has 0 aliphatic carbocycles. The minimum Gasteiger partial charge on any atom is -0.452 e. The monoisotopic (exact) mass is 542 g/mol. The first-order chi connectivity index (χ1) is 18.2. The third kappa shape index (κ3) is 6.58. The molecule has 2 amide bonds. The fourth-order valence-corrected chi connectivity index (χ4v) is 4.38. The van der Waals surface area contributed by atoms with E-state index in [9.17, 15) is 14.4 Å². The van der Waals surface area contributed by atoms with Crippen molar-refractivity contribution < 1.29 is 28.2 Å². The van der Waals surface area contributed by atoms with Crippen molar-refractivity contribution in [1.29, 1.82) is 0 Å². The van der Waals surface area contributed by atoms with Crippen molar-refractivity contribution in [3.63, 3.8) is 0 Å². The number of benzene rings is 2. The highest BCUT2D eigenvalue weighted by Gasteiger charge is 2.33. The van der Waals surface area contributed by atoms with E-state index in [1.165, 1.54) is 11.0 Å². The Hall–Kier alpha value is -3.73. The largest absolute Gasteiger partial charge is 0.452 e. The van der Waals surface area contributed by atoms with Gasteiger partial charge < -0.3 is 24.6 Å². The molecular formula is C27H31FN4O5S. The van der Waals surface area contributed by atoms with Crippen molar-refractivity contribution in [2.45, 2.75) is 26.4 Å². The molecule has 0 aromatic heterocycles. The number of hydrogen-bond acceptors (Lipinski definition) is 7. The molecule has 202 valence electrons. The number of thiocarbonyl (C=S) groups is 1. The molecule has 2 aliphatic rings. The van der Waals surface area contributed by atoms with E-state index in [-0.39, 0.29) is 18.6 Å². The number of amides is 2. The number of esters is 1. The molecule has 2 aromatic carbocycles. The highest BCUT2D eigenvalue weighted by atomic mass is 32.1. The smallest absolute Gasteiger partial charge is 0.414 e. The molecule has 2 saturated heterocycles. The number of rotatable bonds is 8. The van der Waals surface area contributed by atoms with Gasteiger partial charge in [-0.1, -0.05) is 36.8 Å². The van der Waals surface area contributed by atoms with Gasteiger partial charge in [0.05, 0.1) is 35.0 Å². The summed E-state index contributed by atoms with van der Waals surface area (Å²) in [6.45, 7) is 5.80. The van der Waals surface area contributed by atoms with E-state index in [2.05, 4.69) is 5.32 Å². The number of ether oxygens (including phenoxy) is 2. The Balaban J connectivity index is 1.27. The van der Waals surface area contributed by atoms with Crippen LogP contribution in [0.4, 0.5) is 20.6 Å². The van der Waals surface area contributed by atoms with Crippen LogP contribution >= 0.6 is 12.2 Å². The summed E-state index contributed by atoms with van der Waals surface area (Å²) in [5, 5.41) is 3.06. The van der Waals surface area contributed by atoms with Gasteiger partial charge in [-0.2, -0.15) is 0 Å². The van der Waals surface area contributed by atoms with Crippen molar-refractivity contribution >= 4 is 46.6 Å². The summed E-state index contributed by atoms with van der Waals surface area (Å²) in [4.78, 5) is 42.6. The number of cyclic esters (lactones) is 1. The predicted octanol–water partition coefficient (Wildman–Crippen LogP) is 3.29. The molecule has 1 N–H and O–H groups in total. The van der Waals surface area contributed by atoms with Crippen molar-refractivity contribution in [1.82, 2.24) is 10.2 Å². The van der Waals surface area contributed by atoms with Gasteiger partial charge in [-0.15, -0.1) is 0 Å². The lowest BCUT2D eigenvalue weighted by molar-refractivity contribution is -0.134. The molecule has 9 nitrogen and oxygen atoms in total. The molecule has 2 aliphatic heterocycles. The minimum atomic E-state index is -0.548. The molecule has 0 bridgehead atoms. The van der Waals surface area contributed by atoms with Crippen LogP contribution in [0.15, 0.2) is 42.5 Å². The van der Waals surface area contributed by atoms with Crippen molar-refractivity contribution in [2.24, 2.45) is 0 Å². The van der Waals surface area contributed by atoms with E-state index in [4.69, 9.17) is 21.7 Å². The Kier molecular flexibility index (Phi) is 8.77. The maximum absolute atomic E-state index is 15.1. The first-order valence-corrected chi connectivity index (χ1v) is 13.0. The van der Waals surface area contributed by atoms with E-state index in [0.717, 1.165) is 5.56 Å². The summed E-state index contributed by atoms with van der Waals surface area (Å²) < 4.78 is 25.6. The SMILES string of the molecule is CCC(=S)NCC1CN(c2ccc(N3CCN(C(=O)COC(=O)c4ccc(C)cc4)CC3)c(F)c2)C(=O)O1. The number of carbonyl (C=O) groups is 3. The molecule has 2 heterocycles. The summed E-state index contributed by atoms with van der Waals surface area (Å²) in [5.41, 5.74) is 2.23. The summed E-state index contributed by atoms with van der Waals surface area (Å²) in [6, 6.07) is 11.6. The normalized spacial score (nSPS) is 17.3. The molecule has 0 spiro atoms. The number of aryl methyl sites for hydroxylation is 1. The summed E-state index contributed by atoms with van der Waals surface area (Å²) >= 11 is 5.14. The number of nitrogens with one attached hydrogen (secondary N) is 1. The Morgan fingerprint density at radius 2 is 1.84 bits per heavy atom. The molecule has 2 fully saturated rings. The molecule has 38 heavy (non-hydrogen) atoms. The van der Waals surface area contributed by atoms with Gasteiger partial charge in [0.1, 0.15) is 11.9 Å². The van der Waals surface area contributed by atoms with E-state index in [1.807, 2.05) is 18.7 Å². The van der Waals surface area contributed by atoms with Crippen LogP contribution in [0.5, 0.6) is 0 Å². The second kappa shape index (κ2) is 12.2. The second-order valence-electron chi connectivity index (χ2n) is 9.22. The fourth-order valence-electron chi connectivity index (χ4n) is 4.30. The average Bonchev–Trinajstić information content (AvgIpc) is 3.30. The van der Waals surface area contributed by atoms with Crippen molar-refractivity contribution in [2.75, 3.05) is 55.7 Å². The van der Waals surface area contributed by atoms with Gasteiger partial charge in [0.2, 0.25) is 0 Å². The number of carbonyl (C=O) groups excluding carboxylic acids is 3. The van der Waals surface area contributed by atoms with E-state index < -0.39 is 17.9 Å². The van der Waals surface area contributed by atoms with Gasteiger partial charge >= 0.3 is 12.1 Å². The van der Waals surface area contributed by atoms with Crippen LogP contribution < -0.4 is 15.1 Å². The number of nitrogens with zero attached hydrogens (tertiary/aromatic N) is 3. The molecule has 4 rings (SSSR count). The van der Waals surface area contributed by atoms with E-state index in [0.29, 0.717) is 67.6 Å². The predicted molar refractivity (Wildman–Crippen MR) is 145 cm³/mol. The first kappa shape index (κ1) is 27.3. The lowest BCUT2D eigenvalue weighted by Crippen LogP contribution is -2.50. The molecule has 0 saturated carbocycles. The third-order valence-corrected chi connectivity index (χ3v) is 6.99. The van der Waals surface area contributed by atoms with E-state index >= 15 is 4.39 Å². The standard InChI is InChI=1S/C27H31FN4O5S/c1-3-24(38)29-15-21-16-32(27(35)37-21)20-8-9-23(22(28)14-20)30-10-12-31(13-11-30)25(33)17-36-26(34)19-6-4-18(2)5-7-19/h4-9,14,21H,3,10-13,15-17H2,1-2H3,(H,29,38). The molecule has 11 heteroatoms. The highest BCUT2D eigenvalue weighted by molar-refractivity contribution is 7.80. The van der Waals surface area contributed by atoms with E-state index in [1.54, 1.807) is 41.3 Å². The summed E-state index contributed by atoms with van der Waals surface area (Å²) in [6.07, 6.45) is -0.200. The zero-order chi connectivity index (χ0) is 27.2. The highest BCUT2D eigenvalue weighted by Crippen LogP contribution is 2.28. The van der Waals surface area contributed by atoms with Crippen LogP contribution in [0.2, 0.25) is 0 Å². The number of halogens is 1. The first-order valence-electron chi connectivity index (χ1n) is 12.6. The Labute approximate surface area is 226 Å². The fraction of sp³-hybridized carbons (Fsp3) is 0.407. The van der Waals surface area contributed by atoms with Crippen LogP contribution in [0.1, 0.15) is 29.3 Å². The zero-order valence-corrected chi connectivity index (χ0v) is 22.3. The maximum atomic E-state index is 15.1. The molecule has 1 atom stereocenters. The number of anilines is 2. The van der Waals surface area contributed by atoms with Crippen LogP contribution in [-0.4, -0.2) is 79.8 Å². The van der Waals surface area contributed by atoms with Gasteiger partial charge in [0.25, 0.3) is 5.91 Å². The van der Waals surface area contributed by atoms with Crippen LogP contribution in [0, 0.1) is 12.7 Å². The minimum absolute atomic E-state index is 0.294. The van der Waals surface area contributed by atoms with Gasteiger partial charge in [0.15, 0.2) is 6.61 Å². The van der Waals surface area contributed by atoms with Crippen molar-refractivity contribution in [3.8, 4) is 0 Å². The lowest BCUT2D eigenvalue weighted by atomic mass is 10.1. The maximum Gasteiger partial charge on any atom is 0.414 e. The summed E-state index contributed by atoms with van der Waals surface area (Å²) in [5.74, 6) is -1.30. The average molecular weight is 543 g/mol. The van der Waals surface area contributed by atoms with Crippen LogP contribution in [0.3, 0.4) is 0 Å². The van der Waals surface area contributed by atoms with Gasteiger partial charge in [-0.3, -0.25) is 9.69 Å².